The highest BCUT2D eigenvalue weighted by Crippen LogP contribution is 2.19. The predicted octanol–water partition coefficient (Wildman–Crippen LogP) is 2.22. The number of H-pyrrole nitrogens is 1. The maximum atomic E-state index is 6.20. The number of nitrogens with one attached hydrogen (secondary N) is 1. The van der Waals surface area contributed by atoms with E-state index < -0.39 is 0 Å². The van der Waals surface area contributed by atoms with Crippen molar-refractivity contribution in [1.82, 2.24) is 20.2 Å². The second kappa shape index (κ2) is 5.22. The molecule has 5 heteroatoms. The first kappa shape index (κ1) is 12.5. The maximum Gasteiger partial charge on any atom is 0.199 e. The van der Waals surface area contributed by atoms with E-state index in [0.717, 1.165) is 11.3 Å². The smallest absolute Gasteiger partial charge is 0.199 e. The van der Waals surface area contributed by atoms with Gasteiger partial charge in [-0.15, -0.1) is 0 Å². The Morgan fingerprint density at radius 3 is 2.60 bits per heavy atom. The molecule has 1 aromatic carbocycles. The number of aryl methyl sites for hydroxylation is 1. The van der Waals surface area contributed by atoms with E-state index in [4.69, 9.17) is 5.73 Å². The van der Waals surface area contributed by atoms with Crippen molar-refractivity contribution in [2.24, 2.45) is 5.73 Å². The van der Waals surface area contributed by atoms with E-state index >= 15 is 0 Å². The summed E-state index contributed by atoms with van der Waals surface area (Å²) in [5, 5.41) is 7.06. The van der Waals surface area contributed by atoms with Crippen LogP contribution in [0.3, 0.4) is 0 Å². The number of aromatic amines is 1. The third-order valence-electron chi connectivity index (χ3n) is 3.13. The van der Waals surface area contributed by atoms with Crippen LogP contribution >= 0.6 is 0 Å². The van der Waals surface area contributed by atoms with Crippen molar-refractivity contribution in [3.05, 3.63) is 65.6 Å². The molecule has 0 saturated carbocycles. The second-order valence-corrected chi connectivity index (χ2v) is 4.65. The number of hydrogen-bond donors (Lipinski definition) is 2. The number of nitrogens with zero attached hydrogens (tertiary/aromatic N) is 3. The molecule has 20 heavy (non-hydrogen) atoms. The highest BCUT2D eigenvalue weighted by atomic mass is 15.2. The Labute approximate surface area is 116 Å². The van der Waals surface area contributed by atoms with Gasteiger partial charge < -0.3 is 5.73 Å². The number of aromatic nitrogens is 4. The molecule has 0 aliphatic heterocycles. The van der Waals surface area contributed by atoms with E-state index in [1.165, 1.54) is 5.56 Å². The Balaban J connectivity index is 1.88. The lowest BCUT2D eigenvalue weighted by atomic mass is 10.1. The Morgan fingerprint density at radius 1 is 1.10 bits per heavy atom. The zero-order valence-electron chi connectivity index (χ0n) is 11.1. The lowest BCUT2D eigenvalue weighted by Crippen LogP contribution is -2.13. The van der Waals surface area contributed by atoms with E-state index in [-0.39, 0.29) is 6.04 Å². The van der Waals surface area contributed by atoms with Crippen molar-refractivity contribution in [3.63, 3.8) is 0 Å². The molecule has 1 atom stereocenters. The largest absolute Gasteiger partial charge is 0.318 e. The van der Waals surface area contributed by atoms with Crippen LogP contribution in [-0.4, -0.2) is 20.2 Å². The highest BCUT2D eigenvalue weighted by Gasteiger charge is 2.14. The summed E-state index contributed by atoms with van der Waals surface area (Å²) in [5.41, 5.74) is 9.13. The predicted molar refractivity (Wildman–Crippen MR) is 76.8 cm³/mol. The van der Waals surface area contributed by atoms with E-state index in [9.17, 15) is 0 Å². The SMILES string of the molecule is Cc1ccc([C@H](N)c2nc(-c3ccccn3)n[nH]2)cc1. The van der Waals surface area contributed by atoms with Crippen LogP contribution in [0.25, 0.3) is 11.5 Å². The summed E-state index contributed by atoms with van der Waals surface area (Å²) in [6, 6.07) is 13.4. The molecule has 5 nitrogen and oxygen atoms in total. The van der Waals surface area contributed by atoms with Crippen molar-refractivity contribution in [1.29, 1.82) is 0 Å². The lowest BCUT2D eigenvalue weighted by molar-refractivity contribution is 0.787. The zero-order valence-corrected chi connectivity index (χ0v) is 11.1. The van der Waals surface area contributed by atoms with Crippen LogP contribution in [0.4, 0.5) is 0 Å². The van der Waals surface area contributed by atoms with Gasteiger partial charge in [0.05, 0.1) is 6.04 Å². The molecular weight excluding hydrogens is 250 g/mol. The quantitative estimate of drug-likeness (QED) is 0.761. The molecule has 100 valence electrons. The Kier molecular flexibility index (Phi) is 3.26. The average Bonchev–Trinajstić information content (AvgIpc) is 2.98. The summed E-state index contributed by atoms with van der Waals surface area (Å²) in [6.45, 7) is 2.04. The van der Waals surface area contributed by atoms with Gasteiger partial charge >= 0.3 is 0 Å². The molecule has 0 spiro atoms. The van der Waals surface area contributed by atoms with Crippen LogP contribution in [0.2, 0.25) is 0 Å². The van der Waals surface area contributed by atoms with E-state index in [1.54, 1.807) is 6.20 Å². The van der Waals surface area contributed by atoms with E-state index in [1.807, 2.05) is 49.4 Å². The third-order valence-corrected chi connectivity index (χ3v) is 3.13. The standard InChI is InChI=1S/C15H15N5/c1-10-5-7-11(8-6-10)13(16)15-18-14(19-20-15)12-4-2-3-9-17-12/h2-9,13H,16H2,1H3,(H,18,19,20)/t13-/m0/s1. The summed E-state index contributed by atoms with van der Waals surface area (Å²) in [4.78, 5) is 8.65. The molecule has 0 unspecified atom stereocenters. The number of nitrogens with two attached hydrogens (primary N) is 1. The summed E-state index contributed by atoms with van der Waals surface area (Å²) >= 11 is 0. The number of pyridine rings is 1. The molecule has 0 amide bonds. The molecule has 3 aromatic rings. The second-order valence-electron chi connectivity index (χ2n) is 4.65. The first-order valence-corrected chi connectivity index (χ1v) is 6.40. The van der Waals surface area contributed by atoms with Gasteiger partial charge in [0.25, 0.3) is 0 Å². The van der Waals surface area contributed by atoms with Gasteiger partial charge in [-0.05, 0) is 24.6 Å². The molecule has 3 N–H and O–H groups in total. The molecule has 0 bridgehead atoms. The summed E-state index contributed by atoms with van der Waals surface area (Å²) in [6.07, 6.45) is 1.71. The van der Waals surface area contributed by atoms with Crippen LogP contribution in [0.5, 0.6) is 0 Å². The van der Waals surface area contributed by atoms with Gasteiger partial charge in [-0.2, -0.15) is 5.10 Å². The fourth-order valence-electron chi connectivity index (χ4n) is 1.95. The van der Waals surface area contributed by atoms with Crippen molar-refractivity contribution in [2.45, 2.75) is 13.0 Å². The fraction of sp³-hybridized carbons (Fsp3) is 0.133. The summed E-state index contributed by atoms with van der Waals surface area (Å²) in [5.74, 6) is 1.19. The van der Waals surface area contributed by atoms with Crippen molar-refractivity contribution < 1.29 is 0 Å². The molecule has 0 aliphatic rings. The van der Waals surface area contributed by atoms with Gasteiger partial charge in [-0.25, -0.2) is 4.98 Å². The normalized spacial score (nSPS) is 12.3. The van der Waals surface area contributed by atoms with Crippen LogP contribution < -0.4 is 5.73 Å². The van der Waals surface area contributed by atoms with Gasteiger partial charge in [-0.3, -0.25) is 10.1 Å². The van der Waals surface area contributed by atoms with Crippen molar-refractivity contribution in [3.8, 4) is 11.5 Å². The first-order chi connectivity index (χ1) is 9.74. The summed E-state index contributed by atoms with van der Waals surface area (Å²) < 4.78 is 0. The molecule has 2 aromatic heterocycles. The minimum atomic E-state index is -0.319. The van der Waals surface area contributed by atoms with Crippen LogP contribution in [0.1, 0.15) is 23.0 Å². The first-order valence-electron chi connectivity index (χ1n) is 6.40. The number of rotatable bonds is 3. The zero-order chi connectivity index (χ0) is 13.9. The maximum absolute atomic E-state index is 6.20. The molecular formula is C15H15N5. The van der Waals surface area contributed by atoms with Crippen LogP contribution in [0, 0.1) is 6.92 Å². The topological polar surface area (TPSA) is 80.5 Å². The van der Waals surface area contributed by atoms with Crippen LogP contribution in [-0.2, 0) is 0 Å². The third kappa shape index (κ3) is 2.44. The monoisotopic (exact) mass is 265 g/mol. The number of benzene rings is 1. The van der Waals surface area contributed by atoms with Crippen molar-refractivity contribution in [2.75, 3.05) is 0 Å². The minimum Gasteiger partial charge on any atom is -0.318 e. The molecule has 0 aliphatic carbocycles. The van der Waals surface area contributed by atoms with Crippen molar-refractivity contribution >= 4 is 0 Å². The molecule has 3 rings (SSSR count). The Morgan fingerprint density at radius 2 is 1.90 bits per heavy atom. The fourth-order valence-corrected chi connectivity index (χ4v) is 1.95. The molecule has 2 heterocycles. The van der Waals surface area contributed by atoms with Gasteiger partial charge in [0.15, 0.2) is 5.82 Å². The molecule has 0 fully saturated rings. The van der Waals surface area contributed by atoms with Gasteiger partial charge in [0, 0.05) is 6.20 Å². The van der Waals surface area contributed by atoms with Gasteiger partial charge in [0.1, 0.15) is 11.5 Å². The van der Waals surface area contributed by atoms with Crippen LogP contribution in [0.15, 0.2) is 48.7 Å². The number of hydrogen-bond acceptors (Lipinski definition) is 4. The Bertz CT molecular complexity index is 688. The summed E-state index contributed by atoms with van der Waals surface area (Å²) in [7, 11) is 0. The average molecular weight is 265 g/mol. The molecule has 0 saturated heterocycles. The van der Waals surface area contributed by atoms with E-state index in [2.05, 4.69) is 20.2 Å². The Hall–Kier alpha value is -2.53. The minimum absolute atomic E-state index is 0.319. The highest BCUT2D eigenvalue weighted by molar-refractivity contribution is 5.48. The van der Waals surface area contributed by atoms with Gasteiger partial charge in [-0.1, -0.05) is 35.9 Å². The van der Waals surface area contributed by atoms with E-state index in [0.29, 0.717) is 11.6 Å². The molecule has 0 radical (unpaired) electrons. The van der Waals surface area contributed by atoms with Gasteiger partial charge in [0.2, 0.25) is 0 Å². The lowest BCUT2D eigenvalue weighted by Gasteiger charge is -2.08.